The Balaban J connectivity index is 1.59. The standard InChI is InChI=1S/C20H17N5O/c21-18-10-19(23-12-22-18)25-9-8-17-16(11-25)20(24-26-17)15-7-3-5-13-4-1-2-6-14(13)15/h1-7,10,12H,8-9,11H2,(H2,21,22,23). The number of nitrogens with zero attached hydrogens (tertiary/aromatic N) is 4. The number of aromatic nitrogens is 3. The molecule has 6 heteroatoms. The topological polar surface area (TPSA) is 81.1 Å². The van der Waals surface area contributed by atoms with Crippen molar-refractivity contribution in [3.63, 3.8) is 0 Å². The summed E-state index contributed by atoms with van der Waals surface area (Å²) in [5.74, 6) is 2.25. The van der Waals surface area contributed by atoms with Crippen LogP contribution in [0.2, 0.25) is 0 Å². The molecule has 1 aliphatic rings. The van der Waals surface area contributed by atoms with Gasteiger partial charge in [0.25, 0.3) is 0 Å². The molecule has 0 saturated carbocycles. The number of benzene rings is 2. The van der Waals surface area contributed by atoms with Crippen LogP contribution in [0, 0.1) is 0 Å². The largest absolute Gasteiger partial charge is 0.384 e. The molecule has 2 aromatic heterocycles. The van der Waals surface area contributed by atoms with E-state index in [1.807, 2.05) is 12.1 Å². The highest BCUT2D eigenvalue weighted by atomic mass is 16.5. The summed E-state index contributed by atoms with van der Waals surface area (Å²) in [6.07, 6.45) is 2.29. The average Bonchev–Trinajstić information content (AvgIpc) is 3.10. The van der Waals surface area contributed by atoms with Crippen LogP contribution in [-0.4, -0.2) is 21.7 Å². The molecule has 2 N–H and O–H groups in total. The number of fused-ring (bicyclic) bond motifs is 2. The van der Waals surface area contributed by atoms with Gasteiger partial charge < -0.3 is 15.2 Å². The molecule has 6 nitrogen and oxygen atoms in total. The van der Waals surface area contributed by atoms with Gasteiger partial charge in [0.15, 0.2) is 0 Å². The Labute approximate surface area is 150 Å². The summed E-state index contributed by atoms with van der Waals surface area (Å²) in [6, 6.07) is 16.4. The molecule has 0 atom stereocenters. The zero-order chi connectivity index (χ0) is 17.5. The number of nitrogens with two attached hydrogens (primary N) is 1. The van der Waals surface area contributed by atoms with Gasteiger partial charge in [-0.25, -0.2) is 9.97 Å². The van der Waals surface area contributed by atoms with E-state index in [0.717, 1.165) is 41.4 Å². The fourth-order valence-corrected chi connectivity index (χ4v) is 3.58. The smallest absolute Gasteiger partial charge is 0.144 e. The quantitative estimate of drug-likeness (QED) is 0.600. The second kappa shape index (κ2) is 5.84. The normalized spacial score (nSPS) is 13.8. The maximum atomic E-state index is 5.81. The highest BCUT2D eigenvalue weighted by Crippen LogP contribution is 2.35. The van der Waals surface area contributed by atoms with Crippen LogP contribution in [0.3, 0.4) is 0 Å². The summed E-state index contributed by atoms with van der Waals surface area (Å²) in [7, 11) is 0. The van der Waals surface area contributed by atoms with E-state index < -0.39 is 0 Å². The first kappa shape index (κ1) is 14.9. The van der Waals surface area contributed by atoms with E-state index in [4.69, 9.17) is 10.3 Å². The Morgan fingerprint density at radius 2 is 1.92 bits per heavy atom. The van der Waals surface area contributed by atoms with Gasteiger partial charge in [-0.3, -0.25) is 0 Å². The summed E-state index contributed by atoms with van der Waals surface area (Å²) in [6.45, 7) is 1.50. The number of hydrogen-bond acceptors (Lipinski definition) is 6. The maximum absolute atomic E-state index is 5.81. The number of nitrogen functional groups attached to an aromatic ring is 1. The molecule has 0 unspecified atom stereocenters. The van der Waals surface area contributed by atoms with Crippen LogP contribution < -0.4 is 10.6 Å². The molecule has 0 radical (unpaired) electrons. The molecule has 5 rings (SSSR count). The van der Waals surface area contributed by atoms with Gasteiger partial charge in [-0.2, -0.15) is 0 Å². The van der Waals surface area contributed by atoms with Crippen LogP contribution in [0.15, 0.2) is 59.4 Å². The zero-order valence-electron chi connectivity index (χ0n) is 14.1. The van der Waals surface area contributed by atoms with Gasteiger partial charge in [0.2, 0.25) is 0 Å². The third-order valence-corrected chi connectivity index (χ3v) is 4.87. The van der Waals surface area contributed by atoms with Crippen LogP contribution in [-0.2, 0) is 13.0 Å². The van der Waals surface area contributed by atoms with Crippen LogP contribution >= 0.6 is 0 Å². The summed E-state index contributed by atoms with van der Waals surface area (Å²) in [5.41, 5.74) is 8.93. The van der Waals surface area contributed by atoms with Crippen LogP contribution in [0.5, 0.6) is 0 Å². The van der Waals surface area contributed by atoms with Gasteiger partial charge in [-0.1, -0.05) is 47.6 Å². The van der Waals surface area contributed by atoms with E-state index in [2.05, 4.69) is 50.4 Å². The molecular formula is C20H17N5O. The number of rotatable bonds is 2. The Hall–Kier alpha value is -3.41. The minimum absolute atomic E-state index is 0.473. The minimum Gasteiger partial charge on any atom is -0.384 e. The molecule has 2 aromatic carbocycles. The molecule has 0 saturated heterocycles. The van der Waals surface area contributed by atoms with Crippen LogP contribution in [0.25, 0.3) is 22.0 Å². The van der Waals surface area contributed by atoms with Crippen molar-refractivity contribution in [3.8, 4) is 11.3 Å². The predicted molar refractivity (Wildman–Crippen MR) is 101 cm³/mol. The third kappa shape index (κ3) is 2.38. The molecule has 1 aliphatic heterocycles. The molecule has 0 amide bonds. The zero-order valence-corrected chi connectivity index (χ0v) is 14.1. The van der Waals surface area contributed by atoms with E-state index in [-0.39, 0.29) is 0 Å². The van der Waals surface area contributed by atoms with Gasteiger partial charge >= 0.3 is 0 Å². The van der Waals surface area contributed by atoms with Crippen molar-refractivity contribution in [2.45, 2.75) is 13.0 Å². The third-order valence-electron chi connectivity index (χ3n) is 4.87. The second-order valence-corrected chi connectivity index (χ2v) is 6.43. The predicted octanol–water partition coefficient (Wildman–Crippen LogP) is 3.43. The van der Waals surface area contributed by atoms with Crippen molar-refractivity contribution in [1.82, 2.24) is 15.1 Å². The Morgan fingerprint density at radius 3 is 2.85 bits per heavy atom. The van der Waals surface area contributed by atoms with Gasteiger partial charge in [-0.05, 0) is 10.8 Å². The summed E-state index contributed by atoms with van der Waals surface area (Å²) in [5, 5.41) is 6.77. The minimum atomic E-state index is 0.473. The van der Waals surface area contributed by atoms with Gasteiger partial charge in [-0.15, -0.1) is 0 Å². The van der Waals surface area contributed by atoms with Gasteiger partial charge in [0, 0.05) is 30.2 Å². The lowest BCUT2D eigenvalue weighted by molar-refractivity contribution is 0.379. The SMILES string of the molecule is Nc1cc(N2CCc3onc(-c4cccc5ccccc45)c3C2)ncn1. The van der Waals surface area contributed by atoms with Crippen molar-refractivity contribution in [3.05, 3.63) is 66.2 Å². The lowest BCUT2D eigenvalue weighted by Gasteiger charge is -2.27. The molecule has 0 bridgehead atoms. The Bertz CT molecular complexity index is 1100. The van der Waals surface area contributed by atoms with E-state index >= 15 is 0 Å². The number of hydrogen-bond donors (Lipinski definition) is 1. The fraction of sp³-hybridized carbons (Fsp3) is 0.150. The lowest BCUT2D eigenvalue weighted by atomic mass is 9.97. The average molecular weight is 343 g/mol. The number of anilines is 2. The first-order valence-electron chi connectivity index (χ1n) is 8.57. The molecule has 0 aliphatic carbocycles. The van der Waals surface area contributed by atoms with Crippen LogP contribution in [0.4, 0.5) is 11.6 Å². The molecule has 0 fully saturated rings. The monoisotopic (exact) mass is 343 g/mol. The Kier molecular flexibility index (Phi) is 3.35. The van der Waals surface area contributed by atoms with Gasteiger partial charge in [0.05, 0.1) is 6.54 Å². The molecule has 4 aromatic rings. The maximum Gasteiger partial charge on any atom is 0.144 e. The fourth-order valence-electron chi connectivity index (χ4n) is 3.58. The van der Waals surface area contributed by atoms with E-state index in [1.165, 1.54) is 17.1 Å². The molecule has 128 valence electrons. The van der Waals surface area contributed by atoms with Crippen LogP contribution in [0.1, 0.15) is 11.3 Å². The highest BCUT2D eigenvalue weighted by molar-refractivity contribution is 5.96. The Morgan fingerprint density at radius 1 is 1.04 bits per heavy atom. The molecule has 3 heterocycles. The highest BCUT2D eigenvalue weighted by Gasteiger charge is 2.26. The first-order chi connectivity index (χ1) is 12.8. The summed E-state index contributed by atoms with van der Waals surface area (Å²) < 4.78 is 5.66. The summed E-state index contributed by atoms with van der Waals surface area (Å²) in [4.78, 5) is 10.5. The van der Waals surface area contributed by atoms with Gasteiger partial charge in [0.1, 0.15) is 29.4 Å². The van der Waals surface area contributed by atoms with E-state index in [9.17, 15) is 0 Å². The molecule has 0 spiro atoms. The second-order valence-electron chi connectivity index (χ2n) is 6.43. The summed E-state index contributed by atoms with van der Waals surface area (Å²) >= 11 is 0. The lowest BCUT2D eigenvalue weighted by Crippen LogP contribution is -2.30. The van der Waals surface area contributed by atoms with E-state index in [1.54, 1.807) is 6.07 Å². The molecular weight excluding hydrogens is 326 g/mol. The van der Waals surface area contributed by atoms with Crippen molar-refractivity contribution in [1.29, 1.82) is 0 Å². The van der Waals surface area contributed by atoms with Crippen molar-refractivity contribution >= 4 is 22.4 Å². The van der Waals surface area contributed by atoms with Crippen molar-refractivity contribution in [2.75, 3.05) is 17.2 Å². The first-order valence-corrected chi connectivity index (χ1v) is 8.57. The van der Waals surface area contributed by atoms with E-state index in [0.29, 0.717) is 12.4 Å². The van der Waals surface area contributed by atoms with Crippen molar-refractivity contribution < 1.29 is 4.52 Å². The molecule has 26 heavy (non-hydrogen) atoms. The van der Waals surface area contributed by atoms with Crippen molar-refractivity contribution in [2.24, 2.45) is 0 Å².